The van der Waals surface area contributed by atoms with Gasteiger partial charge in [0.2, 0.25) is 5.91 Å². The first-order chi connectivity index (χ1) is 16.2. The number of ether oxygens (including phenoxy) is 3. The third kappa shape index (κ3) is 7.06. The molecule has 0 bridgehead atoms. The highest BCUT2D eigenvalue weighted by Gasteiger charge is 2.26. The SMILES string of the molecule is CCOC(=O)c1cc(NC(=O)[C@H](NC(=O)c2ccc(OC)cc2)C(C)C)cc(C(=O)OCC)c1. The summed E-state index contributed by atoms with van der Waals surface area (Å²) in [4.78, 5) is 50.3. The molecule has 0 fully saturated rings. The van der Waals surface area contributed by atoms with Gasteiger partial charge in [-0.25, -0.2) is 9.59 Å². The average Bonchev–Trinajstić information content (AvgIpc) is 2.82. The number of rotatable bonds is 10. The minimum Gasteiger partial charge on any atom is -0.497 e. The van der Waals surface area contributed by atoms with E-state index in [4.69, 9.17) is 14.2 Å². The van der Waals surface area contributed by atoms with Gasteiger partial charge in [-0.3, -0.25) is 9.59 Å². The Balaban J connectivity index is 2.27. The highest BCUT2D eigenvalue weighted by atomic mass is 16.5. The standard InChI is InChI=1S/C25H30N2O7/c1-6-33-24(30)17-12-18(25(31)34-7-2)14-19(13-17)26-23(29)21(15(3)4)27-22(28)16-8-10-20(32-5)11-9-16/h8-15,21H,6-7H2,1-5H3,(H,26,29)(H,27,28)/t21-/m1/s1. The van der Waals surface area contributed by atoms with Gasteiger partial charge in [-0.15, -0.1) is 0 Å². The second-order valence-electron chi connectivity index (χ2n) is 7.65. The fourth-order valence-corrected chi connectivity index (χ4v) is 3.09. The molecule has 0 heterocycles. The fraction of sp³-hybridized carbons (Fsp3) is 0.360. The number of carbonyl (C=O) groups is 4. The molecule has 182 valence electrons. The van der Waals surface area contributed by atoms with Gasteiger partial charge < -0.3 is 24.8 Å². The van der Waals surface area contributed by atoms with Crippen molar-refractivity contribution in [2.24, 2.45) is 5.92 Å². The number of amides is 2. The largest absolute Gasteiger partial charge is 0.497 e. The maximum atomic E-state index is 13.1. The first-order valence-electron chi connectivity index (χ1n) is 10.9. The lowest BCUT2D eigenvalue weighted by Gasteiger charge is -2.22. The van der Waals surface area contributed by atoms with E-state index in [0.717, 1.165) is 0 Å². The van der Waals surface area contributed by atoms with Crippen molar-refractivity contribution in [3.63, 3.8) is 0 Å². The molecule has 0 spiro atoms. The Labute approximate surface area is 198 Å². The molecule has 9 heteroatoms. The molecule has 0 radical (unpaired) electrons. The second-order valence-corrected chi connectivity index (χ2v) is 7.65. The van der Waals surface area contributed by atoms with Crippen LogP contribution >= 0.6 is 0 Å². The van der Waals surface area contributed by atoms with Crippen molar-refractivity contribution < 1.29 is 33.4 Å². The molecular weight excluding hydrogens is 440 g/mol. The average molecular weight is 471 g/mol. The van der Waals surface area contributed by atoms with Gasteiger partial charge in [0.15, 0.2) is 0 Å². The Morgan fingerprint density at radius 1 is 0.824 bits per heavy atom. The molecule has 2 amide bonds. The van der Waals surface area contributed by atoms with Crippen molar-refractivity contribution in [1.29, 1.82) is 0 Å². The lowest BCUT2D eigenvalue weighted by Crippen LogP contribution is -2.47. The Bertz CT molecular complexity index is 996. The summed E-state index contributed by atoms with van der Waals surface area (Å²) in [6, 6.07) is 9.76. The van der Waals surface area contributed by atoms with Gasteiger partial charge in [0.25, 0.3) is 5.91 Å². The third-order valence-electron chi connectivity index (χ3n) is 4.81. The predicted molar refractivity (Wildman–Crippen MR) is 126 cm³/mol. The van der Waals surface area contributed by atoms with Crippen molar-refractivity contribution in [1.82, 2.24) is 5.32 Å². The number of hydrogen-bond acceptors (Lipinski definition) is 7. The fourth-order valence-electron chi connectivity index (χ4n) is 3.09. The summed E-state index contributed by atoms with van der Waals surface area (Å²) < 4.78 is 15.1. The Kier molecular flexibility index (Phi) is 9.61. The van der Waals surface area contributed by atoms with E-state index in [-0.39, 0.29) is 35.9 Å². The van der Waals surface area contributed by atoms with Crippen LogP contribution in [0.2, 0.25) is 0 Å². The van der Waals surface area contributed by atoms with E-state index in [1.165, 1.54) is 25.3 Å². The lowest BCUT2D eigenvalue weighted by molar-refractivity contribution is -0.118. The summed E-state index contributed by atoms with van der Waals surface area (Å²) in [5.74, 6) is -1.86. The van der Waals surface area contributed by atoms with E-state index in [1.807, 2.05) is 0 Å². The van der Waals surface area contributed by atoms with E-state index in [1.54, 1.807) is 52.0 Å². The van der Waals surface area contributed by atoms with E-state index in [0.29, 0.717) is 11.3 Å². The molecule has 34 heavy (non-hydrogen) atoms. The van der Waals surface area contributed by atoms with Crippen LogP contribution in [0.15, 0.2) is 42.5 Å². The van der Waals surface area contributed by atoms with Gasteiger partial charge in [-0.05, 0) is 62.2 Å². The first kappa shape index (κ1) is 26.4. The zero-order valence-electron chi connectivity index (χ0n) is 20.0. The Morgan fingerprint density at radius 2 is 1.35 bits per heavy atom. The molecule has 2 aromatic carbocycles. The summed E-state index contributed by atoms with van der Waals surface area (Å²) in [6.45, 7) is 7.20. The quantitative estimate of drug-likeness (QED) is 0.510. The van der Waals surface area contributed by atoms with Crippen LogP contribution in [0, 0.1) is 5.92 Å². The van der Waals surface area contributed by atoms with Crippen LogP contribution in [-0.2, 0) is 14.3 Å². The molecule has 9 nitrogen and oxygen atoms in total. The number of benzene rings is 2. The maximum Gasteiger partial charge on any atom is 0.338 e. The van der Waals surface area contributed by atoms with Gasteiger partial charge in [-0.2, -0.15) is 0 Å². The summed E-state index contributed by atoms with van der Waals surface area (Å²) in [5, 5.41) is 5.41. The van der Waals surface area contributed by atoms with Crippen LogP contribution in [0.5, 0.6) is 5.75 Å². The van der Waals surface area contributed by atoms with Crippen molar-refractivity contribution in [3.05, 3.63) is 59.2 Å². The molecular formula is C25H30N2O7. The van der Waals surface area contributed by atoms with Gasteiger partial charge >= 0.3 is 11.9 Å². The number of hydrogen-bond donors (Lipinski definition) is 2. The molecule has 2 rings (SSSR count). The topological polar surface area (TPSA) is 120 Å². The molecule has 0 saturated heterocycles. The maximum absolute atomic E-state index is 13.1. The van der Waals surface area contributed by atoms with Crippen LogP contribution < -0.4 is 15.4 Å². The lowest BCUT2D eigenvalue weighted by atomic mass is 10.0. The Hall–Kier alpha value is -3.88. The number of anilines is 1. The molecule has 0 aliphatic heterocycles. The minimum atomic E-state index is -0.883. The normalized spacial score (nSPS) is 11.4. The van der Waals surface area contributed by atoms with Crippen molar-refractivity contribution >= 4 is 29.4 Å². The van der Waals surface area contributed by atoms with Crippen molar-refractivity contribution in [2.45, 2.75) is 33.7 Å². The monoisotopic (exact) mass is 470 g/mol. The van der Waals surface area contributed by atoms with Crippen molar-refractivity contribution in [2.75, 3.05) is 25.6 Å². The van der Waals surface area contributed by atoms with E-state index in [2.05, 4.69) is 10.6 Å². The number of carbonyl (C=O) groups excluding carboxylic acids is 4. The molecule has 2 aromatic rings. The molecule has 0 unspecified atom stereocenters. The smallest absolute Gasteiger partial charge is 0.338 e. The highest BCUT2D eigenvalue weighted by molar-refractivity contribution is 6.03. The number of nitrogens with one attached hydrogen (secondary N) is 2. The summed E-state index contributed by atoms with van der Waals surface area (Å²) in [5.41, 5.74) is 0.744. The Morgan fingerprint density at radius 3 is 1.79 bits per heavy atom. The third-order valence-corrected chi connectivity index (χ3v) is 4.81. The van der Waals surface area contributed by atoms with E-state index in [9.17, 15) is 19.2 Å². The molecule has 0 saturated carbocycles. The predicted octanol–water partition coefficient (Wildman–Crippen LogP) is 3.44. The minimum absolute atomic E-state index is 0.0890. The second kappa shape index (κ2) is 12.4. The zero-order chi connectivity index (χ0) is 25.3. The number of esters is 2. The molecule has 1 atom stereocenters. The van der Waals surface area contributed by atoms with Crippen LogP contribution in [0.1, 0.15) is 58.8 Å². The van der Waals surface area contributed by atoms with Gasteiger partial charge in [0, 0.05) is 11.3 Å². The molecule has 2 N–H and O–H groups in total. The van der Waals surface area contributed by atoms with Gasteiger partial charge in [-0.1, -0.05) is 13.8 Å². The van der Waals surface area contributed by atoms with Gasteiger partial charge in [0.05, 0.1) is 31.5 Å². The summed E-state index contributed by atoms with van der Waals surface area (Å²) in [7, 11) is 1.53. The zero-order valence-corrected chi connectivity index (χ0v) is 20.0. The van der Waals surface area contributed by atoms with Crippen LogP contribution in [0.4, 0.5) is 5.69 Å². The molecule has 0 aromatic heterocycles. The number of methoxy groups -OCH3 is 1. The summed E-state index contributed by atoms with van der Waals surface area (Å²) in [6.07, 6.45) is 0. The van der Waals surface area contributed by atoms with Crippen LogP contribution in [0.25, 0.3) is 0 Å². The molecule has 0 aliphatic rings. The first-order valence-corrected chi connectivity index (χ1v) is 10.9. The van der Waals surface area contributed by atoms with E-state index < -0.39 is 29.8 Å². The van der Waals surface area contributed by atoms with Gasteiger partial charge in [0.1, 0.15) is 11.8 Å². The van der Waals surface area contributed by atoms with Crippen LogP contribution in [0.3, 0.4) is 0 Å². The summed E-state index contributed by atoms with van der Waals surface area (Å²) >= 11 is 0. The highest BCUT2D eigenvalue weighted by Crippen LogP contribution is 2.19. The van der Waals surface area contributed by atoms with Crippen molar-refractivity contribution in [3.8, 4) is 5.75 Å². The molecule has 0 aliphatic carbocycles. The van der Waals surface area contributed by atoms with Crippen LogP contribution in [-0.4, -0.2) is 50.1 Å². The van der Waals surface area contributed by atoms with E-state index >= 15 is 0 Å².